The van der Waals surface area contributed by atoms with Crippen molar-refractivity contribution in [3.05, 3.63) is 95.6 Å². The summed E-state index contributed by atoms with van der Waals surface area (Å²) in [5.74, 6) is 0.779. The van der Waals surface area contributed by atoms with E-state index in [1.54, 1.807) is 25.3 Å². The zero-order chi connectivity index (χ0) is 30.3. The number of methoxy groups -OCH3 is 2. The third-order valence-corrected chi connectivity index (χ3v) is 8.68. The second-order valence-corrected chi connectivity index (χ2v) is 11.8. The Hall–Kier alpha value is -4.28. The number of thioether (sulfide) groups is 2. The number of nitrogens with zero attached hydrogens (tertiary/aromatic N) is 2. The van der Waals surface area contributed by atoms with Crippen LogP contribution in [0.25, 0.3) is 21.8 Å². The fourth-order valence-corrected chi connectivity index (χ4v) is 6.28. The van der Waals surface area contributed by atoms with Crippen LogP contribution in [-0.2, 0) is 9.59 Å². The zero-order valence-electron chi connectivity index (χ0n) is 24.3. The summed E-state index contributed by atoms with van der Waals surface area (Å²) in [6.07, 6.45) is -0.793. The summed E-state index contributed by atoms with van der Waals surface area (Å²) in [6.45, 7) is 4.06. The van der Waals surface area contributed by atoms with Crippen LogP contribution in [0.1, 0.15) is 22.9 Å². The van der Waals surface area contributed by atoms with Crippen molar-refractivity contribution >= 4 is 57.1 Å². The summed E-state index contributed by atoms with van der Waals surface area (Å²) >= 11 is 2.69. The number of nitrogens with one attached hydrogen (secondary N) is 2. The lowest BCUT2D eigenvalue weighted by Gasteiger charge is -2.22. The Bertz CT molecular complexity index is 1690. The molecule has 2 N–H and O–H groups in total. The number of carbonyl (C=O) groups excluding carboxylic acids is 2. The minimum atomic E-state index is -0.793. The molecule has 0 saturated heterocycles. The molecule has 2 heterocycles. The first-order valence-corrected chi connectivity index (χ1v) is 15.6. The predicted molar refractivity (Wildman–Crippen MR) is 173 cm³/mol. The van der Waals surface area contributed by atoms with Gasteiger partial charge in [-0.2, -0.15) is 0 Å². The van der Waals surface area contributed by atoms with Crippen molar-refractivity contribution in [2.45, 2.75) is 30.1 Å². The van der Waals surface area contributed by atoms with Crippen molar-refractivity contribution in [1.82, 2.24) is 20.6 Å². The van der Waals surface area contributed by atoms with E-state index in [1.165, 1.54) is 30.6 Å². The maximum Gasteiger partial charge on any atom is 0.232 e. The van der Waals surface area contributed by atoms with Crippen molar-refractivity contribution < 1.29 is 19.1 Å². The number of fused-ring (bicyclic) bond motifs is 2. The van der Waals surface area contributed by atoms with E-state index >= 15 is 0 Å². The minimum absolute atomic E-state index is 0.124. The molecule has 10 heteroatoms. The number of benzene rings is 3. The van der Waals surface area contributed by atoms with Crippen LogP contribution < -0.4 is 20.1 Å². The molecule has 0 aliphatic carbocycles. The van der Waals surface area contributed by atoms with E-state index in [9.17, 15) is 9.59 Å². The number of aryl methyl sites for hydroxylation is 2. The summed E-state index contributed by atoms with van der Waals surface area (Å²) < 4.78 is 10.8. The standard InChI is InChI=1S/C33H32N4O4S2/c1-20-15-31(34-25-11-7-5-9-23(20)25)42-18-29(38)36-33(22-13-14-27(40-3)28(17-22)41-4)37-30(39)19-43-32-16-21(2)24-10-6-8-12-26(24)35-32/h5-17,33H,18-19H2,1-4H3,(H,36,38)(H,37,39). The van der Waals surface area contributed by atoms with E-state index in [0.717, 1.165) is 43.0 Å². The van der Waals surface area contributed by atoms with Crippen molar-refractivity contribution in [2.24, 2.45) is 0 Å². The SMILES string of the molecule is COc1ccc(C(NC(=O)CSc2cc(C)c3ccccc3n2)NC(=O)CSc2cc(C)c3ccccc3n2)cc1OC. The summed E-state index contributed by atoms with van der Waals surface area (Å²) in [7, 11) is 3.09. The van der Waals surface area contributed by atoms with E-state index in [2.05, 4.69) is 20.6 Å². The first kappa shape index (κ1) is 30.2. The molecular formula is C33H32N4O4S2. The van der Waals surface area contributed by atoms with Gasteiger partial charge in [-0.3, -0.25) is 9.59 Å². The average molecular weight is 613 g/mol. The monoisotopic (exact) mass is 612 g/mol. The highest BCUT2D eigenvalue weighted by molar-refractivity contribution is 8.00. The Balaban J connectivity index is 1.29. The van der Waals surface area contributed by atoms with Gasteiger partial charge in [0.25, 0.3) is 0 Å². The third-order valence-electron chi connectivity index (χ3n) is 6.85. The molecule has 5 aromatic rings. The van der Waals surface area contributed by atoms with Gasteiger partial charge < -0.3 is 20.1 Å². The highest BCUT2D eigenvalue weighted by Crippen LogP contribution is 2.30. The van der Waals surface area contributed by atoms with Gasteiger partial charge in [0.15, 0.2) is 11.5 Å². The van der Waals surface area contributed by atoms with E-state index in [0.29, 0.717) is 17.1 Å². The second-order valence-electron chi connectivity index (χ2n) is 9.85. The van der Waals surface area contributed by atoms with Crippen molar-refractivity contribution in [2.75, 3.05) is 25.7 Å². The van der Waals surface area contributed by atoms with Gasteiger partial charge in [0.05, 0.1) is 46.8 Å². The summed E-state index contributed by atoms with van der Waals surface area (Å²) in [5.41, 5.74) is 4.60. The zero-order valence-corrected chi connectivity index (χ0v) is 26.0. The lowest BCUT2D eigenvalue weighted by molar-refractivity contribution is -0.121. The van der Waals surface area contributed by atoms with Crippen molar-refractivity contribution in [3.8, 4) is 11.5 Å². The second kappa shape index (κ2) is 13.8. The molecule has 2 amide bonds. The van der Waals surface area contributed by atoms with Gasteiger partial charge in [-0.05, 0) is 66.9 Å². The Kier molecular flexibility index (Phi) is 9.68. The lowest BCUT2D eigenvalue weighted by atomic mass is 10.1. The normalized spacial score (nSPS) is 11.1. The van der Waals surface area contributed by atoms with Gasteiger partial charge >= 0.3 is 0 Å². The maximum absolute atomic E-state index is 13.2. The molecular weight excluding hydrogens is 581 g/mol. The fraction of sp³-hybridized carbons (Fsp3) is 0.212. The number of hydrogen-bond acceptors (Lipinski definition) is 8. The minimum Gasteiger partial charge on any atom is -0.493 e. The van der Waals surface area contributed by atoms with Crippen LogP contribution in [0.3, 0.4) is 0 Å². The van der Waals surface area contributed by atoms with Gasteiger partial charge in [0, 0.05) is 10.8 Å². The van der Waals surface area contributed by atoms with Crippen molar-refractivity contribution in [3.63, 3.8) is 0 Å². The summed E-state index contributed by atoms with van der Waals surface area (Å²) in [5, 5.41) is 9.61. The number of rotatable bonds is 11. The molecule has 8 nitrogen and oxygen atoms in total. The molecule has 0 unspecified atom stereocenters. The molecule has 0 fully saturated rings. The average Bonchev–Trinajstić information content (AvgIpc) is 3.02. The first-order chi connectivity index (χ1) is 20.8. The smallest absolute Gasteiger partial charge is 0.232 e. The van der Waals surface area contributed by atoms with Crippen LogP contribution >= 0.6 is 23.5 Å². The molecule has 0 aliphatic heterocycles. The first-order valence-electron chi connectivity index (χ1n) is 13.6. The highest BCUT2D eigenvalue weighted by atomic mass is 32.2. The summed E-state index contributed by atoms with van der Waals surface area (Å²) in [6, 6.07) is 25.1. The Morgan fingerprint density at radius 3 is 1.67 bits per heavy atom. The van der Waals surface area contributed by atoms with Crippen LogP contribution in [0.15, 0.2) is 88.9 Å². The van der Waals surface area contributed by atoms with Gasteiger partial charge in [-0.15, -0.1) is 0 Å². The number of carbonyl (C=O) groups is 2. The molecule has 3 aromatic carbocycles. The molecule has 0 aliphatic rings. The van der Waals surface area contributed by atoms with E-state index in [1.807, 2.05) is 74.5 Å². The van der Waals surface area contributed by atoms with Crippen LogP contribution in [0, 0.1) is 13.8 Å². The van der Waals surface area contributed by atoms with E-state index < -0.39 is 6.17 Å². The van der Waals surface area contributed by atoms with E-state index in [4.69, 9.17) is 9.47 Å². The lowest BCUT2D eigenvalue weighted by Crippen LogP contribution is -2.42. The van der Waals surface area contributed by atoms with Gasteiger partial charge in [-0.1, -0.05) is 66.0 Å². The number of pyridine rings is 2. The molecule has 0 bridgehead atoms. The number of hydrogen-bond donors (Lipinski definition) is 2. The van der Waals surface area contributed by atoms with Gasteiger partial charge in [0.1, 0.15) is 6.17 Å². The molecule has 0 saturated carbocycles. The molecule has 0 spiro atoms. The molecule has 220 valence electrons. The molecule has 2 aromatic heterocycles. The van der Waals surface area contributed by atoms with Crippen LogP contribution in [0.4, 0.5) is 0 Å². The molecule has 43 heavy (non-hydrogen) atoms. The predicted octanol–water partition coefficient (Wildman–Crippen LogP) is 6.23. The number of amides is 2. The van der Waals surface area contributed by atoms with Crippen molar-refractivity contribution in [1.29, 1.82) is 0 Å². The molecule has 5 rings (SSSR count). The van der Waals surface area contributed by atoms with Crippen LogP contribution in [0.2, 0.25) is 0 Å². The third kappa shape index (κ3) is 7.39. The summed E-state index contributed by atoms with van der Waals surface area (Å²) in [4.78, 5) is 35.7. The molecule has 0 radical (unpaired) electrons. The molecule has 0 atom stereocenters. The Morgan fingerprint density at radius 2 is 1.19 bits per heavy atom. The maximum atomic E-state index is 13.2. The number of para-hydroxylation sites is 2. The quantitative estimate of drug-likeness (QED) is 0.134. The number of aromatic nitrogens is 2. The van der Waals surface area contributed by atoms with Crippen LogP contribution in [0.5, 0.6) is 11.5 Å². The van der Waals surface area contributed by atoms with Crippen LogP contribution in [-0.4, -0.2) is 47.5 Å². The largest absolute Gasteiger partial charge is 0.493 e. The van der Waals surface area contributed by atoms with Gasteiger partial charge in [0.2, 0.25) is 11.8 Å². The van der Waals surface area contributed by atoms with Gasteiger partial charge in [-0.25, -0.2) is 9.97 Å². The topological polar surface area (TPSA) is 102 Å². The van der Waals surface area contributed by atoms with E-state index in [-0.39, 0.29) is 23.3 Å². The number of ether oxygens (including phenoxy) is 2. The Labute approximate surface area is 259 Å². The highest BCUT2D eigenvalue weighted by Gasteiger charge is 2.20. The Morgan fingerprint density at radius 1 is 0.698 bits per heavy atom. The fourth-order valence-electron chi connectivity index (χ4n) is 4.70.